The lowest BCUT2D eigenvalue weighted by Crippen LogP contribution is -2.57. The van der Waals surface area contributed by atoms with Crippen LogP contribution in [0.15, 0.2) is 18.2 Å². The third-order valence-electron chi connectivity index (χ3n) is 4.91. The van der Waals surface area contributed by atoms with Gasteiger partial charge in [0.2, 0.25) is 11.8 Å². The van der Waals surface area contributed by atoms with Gasteiger partial charge in [-0.1, -0.05) is 19.9 Å². The van der Waals surface area contributed by atoms with Crippen molar-refractivity contribution in [2.45, 2.75) is 39.8 Å². The Bertz CT molecular complexity index is 757. The van der Waals surface area contributed by atoms with Crippen molar-refractivity contribution in [1.82, 2.24) is 20.4 Å². The predicted octanol–water partition coefficient (Wildman–Crippen LogP) is 1.39. The molecule has 7 nitrogen and oxygen atoms in total. The zero-order valence-electron chi connectivity index (χ0n) is 17.9. The second-order valence-corrected chi connectivity index (χ2v) is 8.12. The van der Waals surface area contributed by atoms with E-state index in [-0.39, 0.29) is 30.3 Å². The van der Waals surface area contributed by atoms with E-state index in [0.717, 1.165) is 12.1 Å². The first-order valence-electron chi connectivity index (χ1n) is 10.2. The fourth-order valence-electron chi connectivity index (χ4n) is 3.34. The molecule has 0 aliphatic carbocycles. The minimum absolute atomic E-state index is 0.0649. The minimum atomic E-state index is -0.976. The highest BCUT2D eigenvalue weighted by atomic mass is 19.1. The maximum atomic E-state index is 13.9. The van der Waals surface area contributed by atoms with Gasteiger partial charge in [0.1, 0.15) is 23.2 Å². The van der Waals surface area contributed by atoms with Gasteiger partial charge in [0.25, 0.3) is 5.91 Å². The normalized spacial score (nSPS) is 15.9. The number of carbonyl (C=O) groups excluding carboxylic acids is 3. The van der Waals surface area contributed by atoms with Crippen molar-refractivity contribution in [2.24, 2.45) is 5.92 Å². The molecule has 1 unspecified atom stereocenters. The lowest BCUT2D eigenvalue weighted by molar-refractivity contribution is -0.136. The number of benzene rings is 1. The number of nitrogens with one attached hydrogen (secondary N) is 2. The number of rotatable bonds is 7. The first-order valence-corrected chi connectivity index (χ1v) is 10.2. The van der Waals surface area contributed by atoms with Crippen molar-refractivity contribution in [3.8, 4) is 0 Å². The van der Waals surface area contributed by atoms with Crippen molar-refractivity contribution in [3.05, 3.63) is 35.4 Å². The van der Waals surface area contributed by atoms with Crippen LogP contribution in [-0.4, -0.2) is 72.3 Å². The van der Waals surface area contributed by atoms with Crippen LogP contribution in [0, 0.1) is 17.6 Å². The van der Waals surface area contributed by atoms with Crippen LogP contribution in [0.3, 0.4) is 0 Å². The maximum absolute atomic E-state index is 13.9. The van der Waals surface area contributed by atoms with Crippen LogP contribution < -0.4 is 10.6 Å². The molecule has 1 aliphatic heterocycles. The van der Waals surface area contributed by atoms with Gasteiger partial charge in [-0.3, -0.25) is 19.3 Å². The Morgan fingerprint density at radius 3 is 2.03 bits per heavy atom. The average Bonchev–Trinajstić information content (AvgIpc) is 2.65. The van der Waals surface area contributed by atoms with Gasteiger partial charge < -0.3 is 15.5 Å². The summed E-state index contributed by atoms with van der Waals surface area (Å²) in [6, 6.07) is 2.33. The van der Waals surface area contributed by atoms with E-state index in [2.05, 4.69) is 10.6 Å². The van der Waals surface area contributed by atoms with Gasteiger partial charge >= 0.3 is 0 Å². The summed E-state index contributed by atoms with van der Waals surface area (Å²) in [7, 11) is 0. The lowest BCUT2D eigenvalue weighted by Gasteiger charge is -2.37. The number of hydrogen-bond acceptors (Lipinski definition) is 4. The van der Waals surface area contributed by atoms with E-state index in [9.17, 15) is 23.2 Å². The van der Waals surface area contributed by atoms with Gasteiger partial charge in [0, 0.05) is 32.2 Å². The molecule has 166 valence electrons. The van der Waals surface area contributed by atoms with Gasteiger partial charge in [-0.15, -0.1) is 0 Å². The third kappa shape index (κ3) is 6.22. The smallest absolute Gasteiger partial charge is 0.257 e. The van der Waals surface area contributed by atoms with E-state index < -0.39 is 29.1 Å². The lowest BCUT2D eigenvalue weighted by atomic mass is 10.0. The van der Waals surface area contributed by atoms with Gasteiger partial charge in [-0.2, -0.15) is 0 Å². The molecule has 0 saturated carbocycles. The molecule has 1 aromatic carbocycles. The van der Waals surface area contributed by atoms with Crippen molar-refractivity contribution in [2.75, 3.05) is 32.7 Å². The number of carbonyl (C=O) groups is 3. The molecular formula is C21H30F2N4O3. The van der Waals surface area contributed by atoms with Crippen LogP contribution >= 0.6 is 0 Å². The molecule has 1 atom stereocenters. The fraction of sp³-hybridized carbons (Fsp3) is 0.571. The van der Waals surface area contributed by atoms with Crippen LogP contribution in [0.4, 0.5) is 8.78 Å². The zero-order chi connectivity index (χ0) is 22.4. The second kappa shape index (κ2) is 10.5. The van der Waals surface area contributed by atoms with Crippen LogP contribution in [0.1, 0.15) is 38.1 Å². The molecule has 2 rings (SSSR count). The molecule has 1 aliphatic rings. The maximum Gasteiger partial charge on any atom is 0.257 e. The van der Waals surface area contributed by atoms with Gasteiger partial charge in [-0.25, -0.2) is 8.78 Å². The minimum Gasteiger partial charge on any atom is -0.353 e. The summed E-state index contributed by atoms with van der Waals surface area (Å²) in [6.07, 6.45) is 0. The van der Waals surface area contributed by atoms with Gasteiger partial charge in [-0.05, 0) is 31.9 Å². The SMILES string of the molecule is CC(C)NC(=O)CN1CCN(C(=O)C(NC(=O)c2c(F)cccc2F)C(C)C)CC1. The molecule has 1 heterocycles. The molecule has 0 spiro atoms. The quantitative estimate of drug-likeness (QED) is 0.693. The average molecular weight is 424 g/mol. The van der Waals surface area contributed by atoms with E-state index in [0.29, 0.717) is 26.2 Å². The summed E-state index contributed by atoms with van der Waals surface area (Å²) in [5.41, 5.74) is -0.697. The molecule has 0 bridgehead atoms. The molecule has 1 saturated heterocycles. The van der Waals surface area contributed by atoms with Crippen LogP contribution in [0.2, 0.25) is 0 Å². The Kier molecular flexibility index (Phi) is 8.28. The number of halogens is 2. The predicted molar refractivity (Wildman–Crippen MR) is 109 cm³/mol. The summed E-state index contributed by atoms with van der Waals surface area (Å²) in [4.78, 5) is 40.9. The highest BCUT2D eigenvalue weighted by Gasteiger charge is 2.32. The molecule has 1 aromatic rings. The Hall–Kier alpha value is -2.55. The summed E-state index contributed by atoms with van der Waals surface area (Å²) in [6.45, 7) is 9.42. The molecule has 3 amide bonds. The van der Waals surface area contributed by atoms with Crippen molar-refractivity contribution in [1.29, 1.82) is 0 Å². The van der Waals surface area contributed by atoms with E-state index in [1.165, 1.54) is 6.07 Å². The third-order valence-corrected chi connectivity index (χ3v) is 4.91. The van der Waals surface area contributed by atoms with Crippen molar-refractivity contribution >= 4 is 17.7 Å². The van der Waals surface area contributed by atoms with E-state index in [1.807, 2.05) is 18.7 Å². The zero-order valence-corrected chi connectivity index (χ0v) is 17.9. The number of amides is 3. The molecule has 2 N–H and O–H groups in total. The molecule has 1 fully saturated rings. The topological polar surface area (TPSA) is 81.8 Å². The van der Waals surface area contributed by atoms with Crippen LogP contribution in [0.5, 0.6) is 0 Å². The van der Waals surface area contributed by atoms with Crippen LogP contribution in [0.25, 0.3) is 0 Å². The Balaban J connectivity index is 1.98. The van der Waals surface area contributed by atoms with E-state index >= 15 is 0 Å². The number of nitrogens with zero attached hydrogens (tertiary/aromatic N) is 2. The van der Waals surface area contributed by atoms with Gasteiger partial charge in [0.05, 0.1) is 6.54 Å². The monoisotopic (exact) mass is 424 g/mol. The summed E-state index contributed by atoms with van der Waals surface area (Å²) < 4.78 is 27.8. The molecule has 9 heteroatoms. The first kappa shape index (κ1) is 23.7. The van der Waals surface area contributed by atoms with E-state index in [1.54, 1.807) is 18.7 Å². The van der Waals surface area contributed by atoms with Crippen molar-refractivity contribution < 1.29 is 23.2 Å². The fourth-order valence-corrected chi connectivity index (χ4v) is 3.34. The largest absolute Gasteiger partial charge is 0.353 e. The molecule has 0 radical (unpaired) electrons. The highest BCUT2D eigenvalue weighted by molar-refractivity contribution is 5.98. The number of hydrogen-bond donors (Lipinski definition) is 2. The summed E-state index contributed by atoms with van der Waals surface area (Å²) in [5.74, 6) is -3.55. The molecular weight excluding hydrogens is 394 g/mol. The second-order valence-electron chi connectivity index (χ2n) is 8.12. The summed E-state index contributed by atoms with van der Waals surface area (Å²) in [5, 5.41) is 5.32. The Labute approximate surface area is 175 Å². The Morgan fingerprint density at radius 1 is 0.967 bits per heavy atom. The highest BCUT2D eigenvalue weighted by Crippen LogP contribution is 2.15. The summed E-state index contributed by atoms with van der Waals surface area (Å²) >= 11 is 0. The first-order chi connectivity index (χ1) is 14.1. The standard InChI is InChI=1S/C21H30F2N4O3/c1-13(2)19(25-20(29)18-15(22)6-5-7-16(18)23)21(30)27-10-8-26(9-11-27)12-17(28)24-14(3)4/h5-7,13-14,19H,8-12H2,1-4H3,(H,24,28)(H,25,29). The van der Waals surface area contributed by atoms with Crippen LogP contribution in [-0.2, 0) is 9.59 Å². The van der Waals surface area contributed by atoms with E-state index in [4.69, 9.17) is 0 Å². The number of piperazine rings is 1. The molecule has 30 heavy (non-hydrogen) atoms. The Morgan fingerprint density at radius 2 is 1.53 bits per heavy atom. The van der Waals surface area contributed by atoms with Gasteiger partial charge in [0.15, 0.2) is 0 Å². The van der Waals surface area contributed by atoms with Crippen molar-refractivity contribution in [3.63, 3.8) is 0 Å². The molecule has 0 aromatic heterocycles.